The molecule has 0 aliphatic heterocycles. The molecule has 4 aromatic rings. The minimum absolute atomic E-state index is 0.0192. The third-order valence-electron chi connectivity index (χ3n) is 5.08. The summed E-state index contributed by atoms with van der Waals surface area (Å²) in [5.74, 6) is 0.0192. The highest BCUT2D eigenvalue weighted by atomic mass is 16.3. The second kappa shape index (κ2) is 6.71. The van der Waals surface area contributed by atoms with Crippen molar-refractivity contribution >= 4 is 27.8 Å². The van der Waals surface area contributed by atoms with Crippen LogP contribution in [0.5, 0.6) is 0 Å². The van der Waals surface area contributed by atoms with Crippen molar-refractivity contribution in [1.82, 2.24) is 10.3 Å². The molecule has 2 N–H and O–H groups in total. The van der Waals surface area contributed by atoms with Crippen LogP contribution < -0.4 is 5.32 Å². The van der Waals surface area contributed by atoms with E-state index in [0.717, 1.165) is 34.0 Å². The predicted octanol–water partition coefficient (Wildman–Crippen LogP) is 4.43. The topological polar surface area (TPSA) is 58.0 Å². The molecule has 0 bridgehead atoms. The first-order valence-corrected chi connectivity index (χ1v) is 8.91. The van der Waals surface area contributed by atoms with Crippen molar-refractivity contribution in [2.24, 2.45) is 0 Å². The van der Waals surface area contributed by atoms with Gasteiger partial charge >= 0.3 is 0 Å². The van der Waals surface area contributed by atoms with Crippen LogP contribution >= 0.6 is 0 Å². The number of nitrogens with one attached hydrogen (secondary N) is 2. The Bertz CT molecular complexity index is 1090. The molecule has 132 valence electrons. The molecule has 0 aliphatic rings. The van der Waals surface area contributed by atoms with Gasteiger partial charge in [0.05, 0.1) is 12.7 Å². The zero-order chi connectivity index (χ0) is 18.1. The second-order valence-corrected chi connectivity index (χ2v) is 6.78. The average Bonchev–Trinajstić information content (AvgIpc) is 3.23. The number of para-hydroxylation sites is 1. The van der Waals surface area contributed by atoms with E-state index in [4.69, 9.17) is 4.42 Å². The Hall–Kier alpha value is -3.01. The van der Waals surface area contributed by atoms with Crippen LogP contribution in [0.2, 0.25) is 0 Å². The SMILES string of the molecule is Cc1ccc2c(CC(=O)NCCc3c[nH]c4ccccc34)coc2c1C. The number of carbonyl (C=O) groups excluding carboxylic acids is 1. The Labute approximate surface area is 152 Å². The minimum atomic E-state index is 0.0192. The van der Waals surface area contributed by atoms with Crippen LogP contribution in [0.25, 0.3) is 21.9 Å². The van der Waals surface area contributed by atoms with Gasteiger partial charge in [0, 0.05) is 34.6 Å². The molecule has 0 saturated carbocycles. The predicted molar refractivity (Wildman–Crippen MR) is 104 cm³/mol. The fourth-order valence-electron chi connectivity index (χ4n) is 3.44. The average molecular weight is 346 g/mol. The Morgan fingerprint density at radius 3 is 2.81 bits per heavy atom. The molecular weight excluding hydrogens is 324 g/mol. The molecule has 0 unspecified atom stereocenters. The first-order chi connectivity index (χ1) is 12.6. The van der Waals surface area contributed by atoms with Gasteiger partial charge in [-0.1, -0.05) is 30.3 Å². The van der Waals surface area contributed by atoms with E-state index in [1.807, 2.05) is 31.3 Å². The highest BCUT2D eigenvalue weighted by Crippen LogP contribution is 2.26. The lowest BCUT2D eigenvalue weighted by atomic mass is 10.0. The second-order valence-electron chi connectivity index (χ2n) is 6.78. The first kappa shape index (κ1) is 16.5. The van der Waals surface area contributed by atoms with Gasteiger partial charge in [0.1, 0.15) is 5.58 Å². The van der Waals surface area contributed by atoms with Crippen molar-refractivity contribution < 1.29 is 9.21 Å². The van der Waals surface area contributed by atoms with Crippen molar-refractivity contribution in [3.05, 3.63) is 71.1 Å². The maximum absolute atomic E-state index is 12.3. The molecular formula is C22H22N2O2. The molecule has 4 rings (SSSR count). The summed E-state index contributed by atoms with van der Waals surface area (Å²) in [6, 6.07) is 12.3. The maximum atomic E-state index is 12.3. The Morgan fingerprint density at radius 2 is 1.92 bits per heavy atom. The van der Waals surface area contributed by atoms with Crippen LogP contribution in [0.4, 0.5) is 0 Å². The quantitative estimate of drug-likeness (QED) is 0.561. The van der Waals surface area contributed by atoms with Gasteiger partial charge in [0.25, 0.3) is 0 Å². The molecule has 2 aromatic carbocycles. The van der Waals surface area contributed by atoms with Gasteiger partial charge in [-0.3, -0.25) is 4.79 Å². The van der Waals surface area contributed by atoms with E-state index in [2.05, 4.69) is 35.4 Å². The molecule has 0 aliphatic carbocycles. The van der Waals surface area contributed by atoms with Crippen molar-refractivity contribution in [2.45, 2.75) is 26.7 Å². The molecule has 0 fully saturated rings. The van der Waals surface area contributed by atoms with E-state index in [1.54, 1.807) is 6.26 Å². The number of aryl methyl sites for hydroxylation is 2. The standard InChI is InChI=1S/C22H22N2O2/c1-14-7-8-19-17(13-26-22(19)15(14)2)11-21(25)23-10-9-16-12-24-20-6-4-3-5-18(16)20/h3-8,12-13,24H,9-11H2,1-2H3,(H,23,25). The van der Waals surface area contributed by atoms with Gasteiger partial charge < -0.3 is 14.7 Å². The lowest BCUT2D eigenvalue weighted by Gasteiger charge is -2.05. The Balaban J connectivity index is 1.39. The van der Waals surface area contributed by atoms with Gasteiger partial charge in [0.15, 0.2) is 0 Å². The number of hydrogen-bond acceptors (Lipinski definition) is 2. The molecule has 0 saturated heterocycles. The Morgan fingerprint density at radius 1 is 1.08 bits per heavy atom. The summed E-state index contributed by atoms with van der Waals surface area (Å²) in [6.07, 6.45) is 4.87. The van der Waals surface area contributed by atoms with Gasteiger partial charge in [-0.05, 0) is 43.0 Å². The lowest BCUT2D eigenvalue weighted by Crippen LogP contribution is -2.27. The van der Waals surface area contributed by atoms with E-state index in [9.17, 15) is 4.79 Å². The highest BCUT2D eigenvalue weighted by Gasteiger charge is 2.13. The summed E-state index contributed by atoms with van der Waals surface area (Å²) in [5, 5.41) is 5.26. The summed E-state index contributed by atoms with van der Waals surface area (Å²) in [5.41, 5.74) is 6.50. The van der Waals surface area contributed by atoms with E-state index < -0.39 is 0 Å². The fraction of sp³-hybridized carbons (Fsp3) is 0.227. The van der Waals surface area contributed by atoms with Crippen LogP contribution in [-0.2, 0) is 17.6 Å². The van der Waals surface area contributed by atoms with Gasteiger partial charge in [-0.15, -0.1) is 0 Å². The number of amides is 1. The summed E-state index contributed by atoms with van der Waals surface area (Å²) in [7, 11) is 0. The smallest absolute Gasteiger partial charge is 0.224 e. The van der Waals surface area contributed by atoms with Crippen molar-refractivity contribution in [3.8, 4) is 0 Å². The number of aromatic nitrogens is 1. The zero-order valence-electron chi connectivity index (χ0n) is 15.1. The van der Waals surface area contributed by atoms with Gasteiger partial charge in [0.2, 0.25) is 5.91 Å². The lowest BCUT2D eigenvalue weighted by molar-refractivity contribution is -0.120. The van der Waals surface area contributed by atoms with Gasteiger partial charge in [-0.2, -0.15) is 0 Å². The van der Waals surface area contributed by atoms with Crippen molar-refractivity contribution in [1.29, 1.82) is 0 Å². The minimum Gasteiger partial charge on any atom is -0.464 e. The van der Waals surface area contributed by atoms with Crippen LogP contribution in [-0.4, -0.2) is 17.4 Å². The molecule has 26 heavy (non-hydrogen) atoms. The van der Waals surface area contributed by atoms with Crippen LogP contribution in [0.3, 0.4) is 0 Å². The normalized spacial score (nSPS) is 11.3. The summed E-state index contributed by atoms with van der Waals surface area (Å²) < 4.78 is 5.69. The molecule has 0 spiro atoms. The van der Waals surface area contributed by atoms with Crippen molar-refractivity contribution in [2.75, 3.05) is 6.54 Å². The number of rotatable bonds is 5. The molecule has 2 heterocycles. The summed E-state index contributed by atoms with van der Waals surface area (Å²) in [6.45, 7) is 4.73. The fourth-order valence-corrected chi connectivity index (χ4v) is 3.44. The van der Waals surface area contributed by atoms with Crippen molar-refractivity contribution in [3.63, 3.8) is 0 Å². The number of carbonyl (C=O) groups is 1. The van der Waals surface area contributed by atoms with Gasteiger partial charge in [-0.25, -0.2) is 0 Å². The van der Waals surface area contributed by atoms with E-state index >= 15 is 0 Å². The van der Waals surface area contributed by atoms with Crippen LogP contribution in [0.15, 0.2) is 53.3 Å². The molecule has 0 radical (unpaired) electrons. The molecule has 4 nitrogen and oxygen atoms in total. The summed E-state index contributed by atoms with van der Waals surface area (Å²) >= 11 is 0. The van der Waals surface area contributed by atoms with Crippen LogP contribution in [0.1, 0.15) is 22.3 Å². The molecule has 0 atom stereocenters. The number of furan rings is 1. The Kier molecular flexibility index (Phi) is 4.25. The molecule has 4 heteroatoms. The maximum Gasteiger partial charge on any atom is 0.224 e. The third-order valence-corrected chi connectivity index (χ3v) is 5.08. The number of aromatic amines is 1. The number of fused-ring (bicyclic) bond motifs is 2. The molecule has 1 amide bonds. The number of benzene rings is 2. The first-order valence-electron chi connectivity index (χ1n) is 8.91. The van der Waals surface area contributed by atoms with E-state index in [0.29, 0.717) is 13.0 Å². The summed E-state index contributed by atoms with van der Waals surface area (Å²) in [4.78, 5) is 15.6. The molecule has 2 aromatic heterocycles. The van der Waals surface area contributed by atoms with E-state index in [1.165, 1.54) is 16.5 Å². The number of H-pyrrole nitrogens is 1. The van der Waals surface area contributed by atoms with Crippen LogP contribution in [0, 0.1) is 13.8 Å². The van der Waals surface area contributed by atoms with E-state index in [-0.39, 0.29) is 5.91 Å². The monoisotopic (exact) mass is 346 g/mol. The third kappa shape index (κ3) is 2.99. The highest BCUT2D eigenvalue weighted by molar-refractivity contribution is 5.89. The largest absolute Gasteiger partial charge is 0.464 e. The number of hydrogen-bond donors (Lipinski definition) is 2. The zero-order valence-corrected chi connectivity index (χ0v) is 15.1.